The standard InChI is InChI=1S/C16H12N2S3.C14H12O2S/c1-9-3-7-13(19-9)11-5-6-12(14-8-4-10(2)20-14)16-15(11)17-21-18-16;1-9-3-5-11-12-6-4-10(2)8-14(12)17(15,16)13(11)7-9/h3-8H,1-2H3;3-8H,1-2H3. The summed E-state index contributed by atoms with van der Waals surface area (Å²) in [4.78, 5) is 6.05. The summed E-state index contributed by atoms with van der Waals surface area (Å²) >= 11 is 4.90. The number of aryl methyl sites for hydroxylation is 4. The van der Waals surface area contributed by atoms with Gasteiger partial charge in [-0.1, -0.05) is 36.4 Å². The number of thiophene rings is 2. The molecule has 0 amide bonds. The van der Waals surface area contributed by atoms with Crippen molar-refractivity contribution in [2.24, 2.45) is 0 Å². The summed E-state index contributed by atoms with van der Waals surface area (Å²) in [6.07, 6.45) is 0. The Labute approximate surface area is 234 Å². The highest BCUT2D eigenvalue weighted by atomic mass is 32.2. The molecule has 0 fully saturated rings. The third-order valence-electron chi connectivity index (χ3n) is 6.57. The van der Waals surface area contributed by atoms with Gasteiger partial charge in [-0.05, 0) is 75.2 Å². The third-order valence-corrected chi connectivity index (χ3v) is 11.0. The van der Waals surface area contributed by atoms with Gasteiger partial charge in [0.25, 0.3) is 0 Å². The van der Waals surface area contributed by atoms with E-state index in [0.717, 1.165) is 33.3 Å². The summed E-state index contributed by atoms with van der Waals surface area (Å²) in [5.41, 5.74) is 8.00. The zero-order valence-corrected chi connectivity index (χ0v) is 24.5. The number of benzene rings is 3. The molecule has 1 aliphatic heterocycles. The predicted octanol–water partition coefficient (Wildman–Crippen LogP) is 8.88. The van der Waals surface area contributed by atoms with Gasteiger partial charge in [0.15, 0.2) is 0 Å². The van der Waals surface area contributed by atoms with Crippen molar-refractivity contribution in [3.8, 4) is 32.0 Å². The van der Waals surface area contributed by atoms with E-state index in [9.17, 15) is 8.42 Å². The van der Waals surface area contributed by atoms with E-state index in [1.807, 2.05) is 38.1 Å². The second-order valence-corrected chi connectivity index (χ2v) is 14.4. The van der Waals surface area contributed by atoms with Gasteiger partial charge in [0.05, 0.1) is 21.5 Å². The largest absolute Gasteiger partial charge is 0.218 e. The minimum absolute atomic E-state index is 0.443. The predicted molar refractivity (Wildman–Crippen MR) is 160 cm³/mol. The molecule has 3 aromatic carbocycles. The van der Waals surface area contributed by atoms with Crippen molar-refractivity contribution in [3.05, 3.63) is 93.7 Å². The first kappa shape index (κ1) is 25.1. The molecule has 3 aromatic heterocycles. The summed E-state index contributed by atoms with van der Waals surface area (Å²) < 4.78 is 33.8. The first-order chi connectivity index (χ1) is 18.2. The average molecular weight is 573 g/mol. The van der Waals surface area contributed by atoms with Gasteiger partial charge in [0.1, 0.15) is 11.0 Å². The van der Waals surface area contributed by atoms with Crippen LogP contribution in [0.2, 0.25) is 0 Å². The maximum Gasteiger partial charge on any atom is 0.207 e. The van der Waals surface area contributed by atoms with Gasteiger partial charge in [-0.15, -0.1) is 22.7 Å². The molecule has 7 rings (SSSR count). The summed E-state index contributed by atoms with van der Waals surface area (Å²) in [5, 5.41) is 0. The Morgan fingerprint density at radius 2 is 0.974 bits per heavy atom. The zero-order chi connectivity index (χ0) is 26.6. The molecular weight excluding hydrogens is 549 g/mol. The SMILES string of the molecule is Cc1ccc(-c2ccc(-c3ccc(C)s3)c3nsnc23)s1.Cc1ccc2c(c1)S(=O)(=O)c1cc(C)ccc1-2. The van der Waals surface area contributed by atoms with Crippen molar-refractivity contribution in [2.45, 2.75) is 37.5 Å². The van der Waals surface area contributed by atoms with Crippen LogP contribution in [0.3, 0.4) is 0 Å². The van der Waals surface area contributed by atoms with Crippen molar-refractivity contribution in [1.82, 2.24) is 8.75 Å². The molecule has 0 atom stereocenters. The normalized spacial score (nSPS) is 13.2. The molecule has 0 aliphatic carbocycles. The molecule has 0 saturated heterocycles. The lowest BCUT2D eigenvalue weighted by Crippen LogP contribution is -1.97. The Hall–Kier alpha value is -3.17. The maximum absolute atomic E-state index is 12.4. The van der Waals surface area contributed by atoms with Crippen LogP contribution in [-0.2, 0) is 9.84 Å². The minimum atomic E-state index is -3.31. The molecule has 0 N–H and O–H groups in total. The van der Waals surface area contributed by atoms with Crippen LogP contribution in [0.4, 0.5) is 0 Å². The third kappa shape index (κ3) is 4.31. The van der Waals surface area contributed by atoms with Crippen LogP contribution in [0.25, 0.3) is 43.0 Å². The minimum Gasteiger partial charge on any atom is -0.218 e. The average Bonchev–Trinajstić information content (AvgIpc) is 3.67. The molecule has 190 valence electrons. The molecule has 4 nitrogen and oxygen atoms in total. The Balaban J connectivity index is 0.000000142. The molecule has 6 aromatic rings. The highest BCUT2D eigenvalue weighted by molar-refractivity contribution is 7.92. The molecule has 0 spiro atoms. The van der Waals surface area contributed by atoms with Gasteiger partial charge < -0.3 is 0 Å². The Morgan fingerprint density at radius 3 is 1.37 bits per heavy atom. The Bertz CT molecular complexity index is 1810. The quantitative estimate of drug-likeness (QED) is 0.208. The lowest BCUT2D eigenvalue weighted by atomic mass is 10.0. The zero-order valence-electron chi connectivity index (χ0n) is 21.3. The molecular formula is C30H24N2O2S4. The Kier molecular flexibility index (Phi) is 6.31. The van der Waals surface area contributed by atoms with E-state index in [4.69, 9.17) is 0 Å². The van der Waals surface area contributed by atoms with E-state index in [1.165, 1.54) is 42.4 Å². The van der Waals surface area contributed by atoms with Crippen molar-refractivity contribution in [3.63, 3.8) is 0 Å². The van der Waals surface area contributed by atoms with Gasteiger partial charge in [-0.3, -0.25) is 0 Å². The first-order valence-electron chi connectivity index (χ1n) is 12.1. The fourth-order valence-electron chi connectivity index (χ4n) is 4.69. The lowest BCUT2D eigenvalue weighted by Gasteiger charge is -2.03. The molecule has 0 unspecified atom stereocenters. The fraction of sp³-hybridized carbons (Fsp3) is 0.133. The molecule has 1 aliphatic rings. The van der Waals surface area contributed by atoms with Crippen molar-refractivity contribution in [2.75, 3.05) is 0 Å². The number of hydrogen-bond donors (Lipinski definition) is 0. The molecule has 0 radical (unpaired) electrons. The molecule has 4 heterocycles. The summed E-state index contributed by atoms with van der Waals surface area (Å²) in [6.45, 7) is 8.08. The van der Waals surface area contributed by atoms with E-state index < -0.39 is 9.84 Å². The van der Waals surface area contributed by atoms with Crippen molar-refractivity contribution < 1.29 is 8.42 Å². The van der Waals surface area contributed by atoms with Crippen LogP contribution in [-0.4, -0.2) is 17.2 Å². The summed E-state index contributed by atoms with van der Waals surface area (Å²) in [6, 6.07) is 24.2. The topological polar surface area (TPSA) is 59.9 Å². The smallest absolute Gasteiger partial charge is 0.207 e. The van der Waals surface area contributed by atoms with Crippen LogP contribution in [0, 0.1) is 27.7 Å². The fourth-order valence-corrected chi connectivity index (χ4v) is 8.91. The van der Waals surface area contributed by atoms with E-state index in [-0.39, 0.29) is 0 Å². The van der Waals surface area contributed by atoms with Crippen LogP contribution in [0.1, 0.15) is 20.9 Å². The second kappa shape index (κ2) is 9.54. The molecule has 0 saturated carbocycles. The second-order valence-electron chi connectivity index (χ2n) is 9.45. The highest BCUT2D eigenvalue weighted by Crippen LogP contribution is 2.43. The van der Waals surface area contributed by atoms with Crippen molar-refractivity contribution in [1.29, 1.82) is 0 Å². The molecule has 0 bridgehead atoms. The number of nitrogens with zero attached hydrogens (tertiary/aromatic N) is 2. The van der Waals surface area contributed by atoms with Gasteiger partial charge in [-0.25, -0.2) is 8.42 Å². The van der Waals surface area contributed by atoms with Crippen LogP contribution >= 0.6 is 34.4 Å². The van der Waals surface area contributed by atoms with Crippen LogP contribution < -0.4 is 0 Å². The Morgan fingerprint density at radius 1 is 0.553 bits per heavy atom. The lowest BCUT2D eigenvalue weighted by molar-refractivity contribution is 0.598. The van der Waals surface area contributed by atoms with E-state index in [2.05, 4.69) is 59.0 Å². The number of hydrogen-bond acceptors (Lipinski definition) is 7. The highest BCUT2D eigenvalue weighted by Gasteiger charge is 2.32. The van der Waals surface area contributed by atoms with Crippen molar-refractivity contribution >= 4 is 55.3 Å². The number of sulfone groups is 1. The molecule has 8 heteroatoms. The van der Waals surface area contributed by atoms with Crippen LogP contribution in [0.5, 0.6) is 0 Å². The van der Waals surface area contributed by atoms with E-state index in [1.54, 1.807) is 34.8 Å². The van der Waals surface area contributed by atoms with E-state index in [0.29, 0.717) is 9.79 Å². The summed E-state index contributed by atoms with van der Waals surface area (Å²) in [5.74, 6) is 0. The number of aromatic nitrogens is 2. The van der Waals surface area contributed by atoms with Gasteiger partial charge in [-0.2, -0.15) is 8.75 Å². The maximum atomic E-state index is 12.4. The van der Waals surface area contributed by atoms with Gasteiger partial charge in [0.2, 0.25) is 9.84 Å². The van der Waals surface area contributed by atoms with Gasteiger partial charge in [0, 0.05) is 41.8 Å². The summed E-state index contributed by atoms with van der Waals surface area (Å²) in [7, 11) is -3.31. The first-order valence-corrected chi connectivity index (χ1v) is 15.9. The van der Waals surface area contributed by atoms with Gasteiger partial charge >= 0.3 is 0 Å². The number of rotatable bonds is 2. The number of fused-ring (bicyclic) bond motifs is 4. The van der Waals surface area contributed by atoms with Crippen LogP contribution in [0.15, 0.2) is 82.6 Å². The molecule has 38 heavy (non-hydrogen) atoms. The van der Waals surface area contributed by atoms with E-state index >= 15 is 0 Å². The monoisotopic (exact) mass is 572 g/mol.